The minimum Gasteiger partial charge on any atom is -0.394 e. The monoisotopic (exact) mass is 454 g/mol. The van der Waals surface area contributed by atoms with Crippen molar-refractivity contribution in [2.75, 3.05) is 25.1 Å². The Labute approximate surface area is 166 Å². The molecule has 0 saturated carbocycles. The maximum Gasteiger partial charge on any atom is 0.243 e. The second-order valence-corrected chi connectivity index (χ2v) is 9.84. The van der Waals surface area contributed by atoms with Crippen LogP contribution in [0.3, 0.4) is 0 Å². The summed E-state index contributed by atoms with van der Waals surface area (Å²) in [6, 6.07) is 10.2. The molecule has 5 nitrogen and oxygen atoms in total. The van der Waals surface area contributed by atoms with Crippen molar-refractivity contribution in [1.82, 2.24) is 4.31 Å². The minimum atomic E-state index is -3.78. The highest BCUT2D eigenvalue weighted by atomic mass is 79.9. The summed E-state index contributed by atoms with van der Waals surface area (Å²) in [4.78, 5) is 2.12. The number of hydrogen-bond acceptors (Lipinski definition) is 4. The van der Waals surface area contributed by atoms with Gasteiger partial charge >= 0.3 is 0 Å². The lowest BCUT2D eigenvalue weighted by Crippen LogP contribution is -2.48. The summed E-state index contributed by atoms with van der Waals surface area (Å²) in [6.07, 6.45) is 0.659. The van der Waals surface area contributed by atoms with Crippen molar-refractivity contribution in [3.05, 3.63) is 58.3 Å². The Kier molecular flexibility index (Phi) is 4.78. The van der Waals surface area contributed by atoms with Crippen LogP contribution in [0.15, 0.2) is 51.8 Å². The SMILES string of the molecule is CN1c2ccc(Br)cc2[C@H]2[C@H](CCN2S(=O)(=O)c2ccc(F)cc2)[C@@H]1CO. The molecule has 0 aliphatic carbocycles. The lowest BCUT2D eigenvalue weighted by molar-refractivity contribution is 0.193. The van der Waals surface area contributed by atoms with Crippen molar-refractivity contribution in [3.8, 4) is 0 Å². The number of aliphatic hydroxyl groups excluding tert-OH is 1. The number of halogens is 2. The van der Waals surface area contributed by atoms with E-state index >= 15 is 0 Å². The molecule has 0 unspecified atom stereocenters. The third kappa shape index (κ3) is 2.99. The molecule has 0 aromatic heterocycles. The number of anilines is 1. The zero-order valence-electron chi connectivity index (χ0n) is 14.7. The van der Waals surface area contributed by atoms with E-state index in [1.807, 2.05) is 30.1 Å². The van der Waals surface area contributed by atoms with Crippen molar-refractivity contribution in [1.29, 1.82) is 0 Å². The maximum absolute atomic E-state index is 13.3. The van der Waals surface area contributed by atoms with Gasteiger partial charge < -0.3 is 10.0 Å². The van der Waals surface area contributed by atoms with E-state index in [9.17, 15) is 17.9 Å². The largest absolute Gasteiger partial charge is 0.394 e. The molecule has 144 valence electrons. The predicted molar refractivity (Wildman–Crippen MR) is 105 cm³/mol. The summed E-state index contributed by atoms with van der Waals surface area (Å²) >= 11 is 3.49. The van der Waals surface area contributed by atoms with E-state index in [-0.39, 0.29) is 29.5 Å². The molecular formula is C19H20BrFN2O3S. The van der Waals surface area contributed by atoms with Crippen LogP contribution in [0.2, 0.25) is 0 Å². The minimum absolute atomic E-state index is 0.0166. The molecule has 0 radical (unpaired) electrons. The van der Waals surface area contributed by atoms with Crippen LogP contribution in [0.5, 0.6) is 0 Å². The molecule has 27 heavy (non-hydrogen) atoms. The van der Waals surface area contributed by atoms with E-state index < -0.39 is 15.8 Å². The Hall–Kier alpha value is -1.48. The van der Waals surface area contributed by atoms with Crippen LogP contribution in [0.4, 0.5) is 10.1 Å². The molecule has 2 aromatic rings. The Morgan fingerprint density at radius 3 is 2.59 bits per heavy atom. The Balaban J connectivity index is 1.83. The van der Waals surface area contributed by atoms with Crippen molar-refractivity contribution in [3.63, 3.8) is 0 Å². The van der Waals surface area contributed by atoms with Gasteiger partial charge in [0.2, 0.25) is 10.0 Å². The Morgan fingerprint density at radius 1 is 1.22 bits per heavy atom. The van der Waals surface area contributed by atoms with Gasteiger partial charge in [-0.15, -0.1) is 0 Å². The molecule has 1 N–H and O–H groups in total. The molecule has 4 rings (SSSR count). The van der Waals surface area contributed by atoms with Crippen molar-refractivity contribution >= 4 is 31.6 Å². The number of hydrogen-bond donors (Lipinski definition) is 1. The average Bonchev–Trinajstić information content (AvgIpc) is 3.08. The van der Waals surface area contributed by atoms with Crippen molar-refractivity contribution in [2.45, 2.75) is 23.4 Å². The highest BCUT2D eigenvalue weighted by Gasteiger charge is 2.50. The highest BCUT2D eigenvalue weighted by Crippen LogP contribution is 2.50. The summed E-state index contributed by atoms with van der Waals surface area (Å²) in [5.41, 5.74) is 1.84. The van der Waals surface area contributed by atoms with Crippen LogP contribution in [-0.4, -0.2) is 44.1 Å². The first-order valence-electron chi connectivity index (χ1n) is 8.75. The van der Waals surface area contributed by atoms with Crippen LogP contribution in [0.25, 0.3) is 0 Å². The second-order valence-electron chi connectivity index (χ2n) is 7.03. The molecule has 0 bridgehead atoms. The number of aliphatic hydroxyl groups is 1. The Morgan fingerprint density at radius 2 is 1.93 bits per heavy atom. The summed E-state index contributed by atoms with van der Waals surface area (Å²) in [5, 5.41) is 9.96. The van der Waals surface area contributed by atoms with E-state index in [1.54, 1.807) is 0 Å². The van der Waals surface area contributed by atoms with Crippen LogP contribution in [0, 0.1) is 11.7 Å². The van der Waals surface area contributed by atoms with Crippen LogP contribution in [0.1, 0.15) is 18.0 Å². The molecule has 2 aromatic carbocycles. The van der Waals surface area contributed by atoms with Crippen LogP contribution in [-0.2, 0) is 10.0 Å². The van der Waals surface area contributed by atoms with E-state index in [0.717, 1.165) is 27.9 Å². The molecule has 1 saturated heterocycles. The standard InChI is InChI=1S/C19H20BrFN2O3S/c1-22-17-7-2-12(20)10-16(17)19-15(18(22)11-24)8-9-23(19)27(25,26)14-5-3-13(21)4-6-14/h2-7,10,15,18-19,24H,8-9,11H2,1H3/t15-,18+,19-/m1/s1. The van der Waals surface area contributed by atoms with Gasteiger partial charge in [0.05, 0.1) is 23.6 Å². The zero-order valence-corrected chi connectivity index (χ0v) is 17.1. The van der Waals surface area contributed by atoms with Gasteiger partial charge in [0.1, 0.15) is 5.82 Å². The van der Waals surface area contributed by atoms with Gasteiger partial charge in [0, 0.05) is 29.7 Å². The molecule has 0 amide bonds. The fourth-order valence-corrected chi connectivity index (χ4v) is 6.44. The van der Waals surface area contributed by atoms with Gasteiger partial charge in [-0.25, -0.2) is 12.8 Å². The van der Waals surface area contributed by atoms with E-state index in [2.05, 4.69) is 15.9 Å². The number of likely N-dealkylation sites (N-methyl/N-ethyl adjacent to an activating group) is 1. The molecule has 1 fully saturated rings. The summed E-state index contributed by atoms with van der Waals surface area (Å²) in [6.45, 7) is 0.322. The van der Waals surface area contributed by atoms with Gasteiger partial charge in [-0.3, -0.25) is 0 Å². The molecule has 2 aliphatic heterocycles. The van der Waals surface area contributed by atoms with Gasteiger partial charge in [-0.05, 0) is 54.4 Å². The molecule has 3 atom stereocenters. The maximum atomic E-state index is 13.3. The van der Waals surface area contributed by atoms with E-state index in [4.69, 9.17) is 0 Å². The first-order valence-corrected chi connectivity index (χ1v) is 11.0. The third-order valence-corrected chi connectivity index (χ3v) is 8.07. The molecule has 0 spiro atoms. The predicted octanol–water partition coefficient (Wildman–Crippen LogP) is 3.15. The number of benzene rings is 2. The fraction of sp³-hybridized carbons (Fsp3) is 0.368. The average molecular weight is 455 g/mol. The van der Waals surface area contributed by atoms with Crippen molar-refractivity contribution in [2.24, 2.45) is 5.92 Å². The number of fused-ring (bicyclic) bond motifs is 3. The highest BCUT2D eigenvalue weighted by molar-refractivity contribution is 9.10. The number of rotatable bonds is 3. The Bertz CT molecular complexity index is 967. The lowest BCUT2D eigenvalue weighted by Gasteiger charge is -2.44. The molecule has 2 heterocycles. The van der Waals surface area contributed by atoms with Gasteiger partial charge in [-0.1, -0.05) is 15.9 Å². The van der Waals surface area contributed by atoms with E-state index in [0.29, 0.717) is 13.0 Å². The molecule has 2 aliphatic rings. The zero-order chi connectivity index (χ0) is 19.3. The fourth-order valence-electron chi connectivity index (χ4n) is 4.39. The smallest absolute Gasteiger partial charge is 0.243 e. The molecule has 8 heteroatoms. The molecular weight excluding hydrogens is 435 g/mol. The lowest BCUT2D eigenvalue weighted by atomic mass is 9.82. The first-order chi connectivity index (χ1) is 12.8. The normalized spacial score (nSPS) is 25.3. The second kappa shape index (κ2) is 6.84. The topological polar surface area (TPSA) is 60.9 Å². The first kappa shape index (κ1) is 18.9. The van der Waals surface area contributed by atoms with Gasteiger partial charge in [0.15, 0.2) is 0 Å². The number of nitrogens with zero attached hydrogens (tertiary/aromatic N) is 2. The summed E-state index contributed by atoms with van der Waals surface area (Å²) in [7, 11) is -1.85. The van der Waals surface area contributed by atoms with Crippen molar-refractivity contribution < 1.29 is 17.9 Å². The van der Waals surface area contributed by atoms with Gasteiger partial charge in [0.25, 0.3) is 0 Å². The van der Waals surface area contributed by atoms with Crippen LogP contribution < -0.4 is 4.90 Å². The quantitative estimate of drug-likeness (QED) is 0.773. The summed E-state index contributed by atoms with van der Waals surface area (Å²) in [5.74, 6) is -0.487. The van der Waals surface area contributed by atoms with E-state index in [1.165, 1.54) is 16.4 Å². The van der Waals surface area contributed by atoms with Gasteiger partial charge in [-0.2, -0.15) is 4.31 Å². The number of sulfonamides is 1. The summed E-state index contributed by atoms with van der Waals surface area (Å²) < 4.78 is 42.2. The van der Waals surface area contributed by atoms with Crippen LogP contribution >= 0.6 is 15.9 Å². The third-order valence-electron chi connectivity index (χ3n) is 5.69.